The van der Waals surface area contributed by atoms with E-state index in [1.54, 1.807) is 24.5 Å². The van der Waals surface area contributed by atoms with Crippen molar-refractivity contribution in [1.82, 2.24) is 14.9 Å². The first-order valence-corrected chi connectivity index (χ1v) is 10.4. The topological polar surface area (TPSA) is 55.3 Å². The molecule has 4 rings (SSSR count). The minimum Gasteiger partial charge on any atom is -0.486 e. The first kappa shape index (κ1) is 18.9. The van der Waals surface area contributed by atoms with Crippen molar-refractivity contribution in [2.45, 2.75) is 32.4 Å². The lowest BCUT2D eigenvalue weighted by Crippen LogP contribution is -2.30. The van der Waals surface area contributed by atoms with Gasteiger partial charge in [0.2, 0.25) is 0 Å². The fourth-order valence-corrected chi connectivity index (χ4v) is 4.52. The van der Waals surface area contributed by atoms with Crippen LogP contribution in [0.1, 0.15) is 44.8 Å². The van der Waals surface area contributed by atoms with Crippen molar-refractivity contribution >= 4 is 28.8 Å². The molecule has 28 heavy (non-hydrogen) atoms. The summed E-state index contributed by atoms with van der Waals surface area (Å²) in [6, 6.07) is 11.3. The first-order chi connectivity index (χ1) is 13.6. The summed E-state index contributed by atoms with van der Waals surface area (Å²) in [6.07, 6.45) is 5.53. The second kappa shape index (κ2) is 8.29. The van der Waals surface area contributed by atoms with Gasteiger partial charge in [-0.2, -0.15) is 0 Å². The number of ether oxygens (including phenoxy) is 1. The molecular formula is C21H20ClN3O2S. The zero-order valence-corrected chi connectivity index (χ0v) is 17.0. The van der Waals surface area contributed by atoms with Crippen LogP contribution >= 0.6 is 22.9 Å². The van der Waals surface area contributed by atoms with Gasteiger partial charge in [0.1, 0.15) is 22.2 Å². The van der Waals surface area contributed by atoms with E-state index in [0.717, 1.165) is 41.4 Å². The van der Waals surface area contributed by atoms with E-state index in [4.69, 9.17) is 16.3 Å². The molecule has 0 aliphatic carbocycles. The highest BCUT2D eigenvalue weighted by atomic mass is 35.5. The number of hydrogen-bond acceptors (Lipinski definition) is 5. The number of benzene rings is 1. The molecule has 0 N–H and O–H groups in total. The number of aromatic nitrogens is 2. The van der Waals surface area contributed by atoms with Gasteiger partial charge in [0.15, 0.2) is 0 Å². The Morgan fingerprint density at radius 3 is 2.75 bits per heavy atom. The maximum atomic E-state index is 13.2. The Bertz CT molecular complexity index is 960. The summed E-state index contributed by atoms with van der Waals surface area (Å²) < 4.78 is 5.77. The zero-order valence-electron chi connectivity index (χ0n) is 15.5. The lowest BCUT2D eigenvalue weighted by molar-refractivity contribution is 0.0739. The van der Waals surface area contributed by atoms with E-state index in [2.05, 4.69) is 9.97 Å². The summed E-state index contributed by atoms with van der Waals surface area (Å²) in [5.74, 6) is 0.773. The summed E-state index contributed by atoms with van der Waals surface area (Å²) >= 11 is 7.30. The van der Waals surface area contributed by atoms with Crippen molar-refractivity contribution in [1.29, 1.82) is 0 Å². The third kappa shape index (κ3) is 4.03. The highest BCUT2D eigenvalue weighted by Crippen LogP contribution is 2.34. The number of carbonyl (C=O) groups excluding carboxylic acids is 1. The Balaban J connectivity index is 1.48. The van der Waals surface area contributed by atoms with Gasteiger partial charge in [0.05, 0.1) is 11.7 Å². The second-order valence-corrected chi connectivity index (χ2v) is 8.22. The van der Waals surface area contributed by atoms with Crippen molar-refractivity contribution in [3.05, 3.63) is 75.0 Å². The van der Waals surface area contributed by atoms with Crippen LogP contribution in [0.15, 0.2) is 48.8 Å². The Morgan fingerprint density at radius 2 is 2.00 bits per heavy atom. The number of rotatable bonds is 5. The first-order valence-electron chi connectivity index (χ1n) is 9.17. The van der Waals surface area contributed by atoms with Gasteiger partial charge in [-0.25, -0.2) is 4.98 Å². The summed E-state index contributed by atoms with van der Waals surface area (Å²) in [5, 5.41) is 1.45. The van der Waals surface area contributed by atoms with Crippen LogP contribution in [0.2, 0.25) is 5.02 Å². The van der Waals surface area contributed by atoms with Crippen molar-refractivity contribution in [3.63, 3.8) is 0 Å². The quantitative estimate of drug-likeness (QED) is 0.586. The van der Waals surface area contributed by atoms with E-state index >= 15 is 0 Å². The number of carbonyl (C=O) groups is 1. The number of hydrogen-bond donors (Lipinski definition) is 0. The van der Waals surface area contributed by atoms with E-state index in [9.17, 15) is 4.79 Å². The molecule has 0 radical (unpaired) electrons. The molecule has 3 heterocycles. The van der Waals surface area contributed by atoms with Gasteiger partial charge in [-0.15, -0.1) is 11.3 Å². The van der Waals surface area contributed by atoms with E-state index in [0.29, 0.717) is 16.5 Å². The molecule has 0 bridgehead atoms. The molecule has 0 saturated carbocycles. The number of thiazole rings is 1. The summed E-state index contributed by atoms with van der Waals surface area (Å²) in [4.78, 5) is 24.5. The molecule has 1 aliphatic heterocycles. The second-order valence-electron chi connectivity index (χ2n) is 6.70. The van der Waals surface area contributed by atoms with E-state index in [1.165, 1.54) is 11.3 Å². The van der Waals surface area contributed by atoms with Crippen molar-refractivity contribution < 1.29 is 9.53 Å². The molecule has 7 heteroatoms. The predicted octanol–water partition coefficient (Wildman–Crippen LogP) is 5.06. The Labute approximate surface area is 173 Å². The third-order valence-corrected chi connectivity index (χ3v) is 6.19. The van der Waals surface area contributed by atoms with Crippen LogP contribution in [0.5, 0.6) is 5.75 Å². The number of aryl methyl sites for hydroxylation is 1. The predicted molar refractivity (Wildman–Crippen MR) is 110 cm³/mol. The van der Waals surface area contributed by atoms with Gasteiger partial charge in [-0.05, 0) is 61.7 Å². The third-order valence-electron chi connectivity index (χ3n) is 4.82. The monoisotopic (exact) mass is 413 g/mol. The molecule has 1 atom stereocenters. The van der Waals surface area contributed by atoms with Gasteiger partial charge < -0.3 is 9.64 Å². The SMILES string of the molecule is Cc1nc(COc2ccc(Cl)cc2)sc1C(=O)N1CCC[C@@H]1c1ccncc1. The number of amides is 1. The van der Waals surface area contributed by atoms with E-state index in [-0.39, 0.29) is 11.9 Å². The normalized spacial score (nSPS) is 16.4. The number of nitrogens with zero attached hydrogens (tertiary/aromatic N) is 3. The van der Waals surface area contributed by atoms with Crippen molar-refractivity contribution in [2.75, 3.05) is 6.54 Å². The van der Waals surface area contributed by atoms with Crippen molar-refractivity contribution in [2.24, 2.45) is 0 Å². The summed E-state index contributed by atoms with van der Waals surface area (Å²) in [5.41, 5.74) is 1.89. The largest absolute Gasteiger partial charge is 0.486 e. The van der Waals surface area contributed by atoms with Crippen LogP contribution in [-0.2, 0) is 6.61 Å². The zero-order chi connectivity index (χ0) is 19.5. The van der Waals surface area contributed by atoms with Gasteiger partial charge >= 0.3 is 0 Å². The highest BCUT2D eigenvalue weighted by molar-refractivity contribution is 7.13. The maximum Gasteiger partial charge on any atom is 0.266 e. The lowest BCUT2D eigenvalue weighted by atomic mass is 10.1. The molecule has 1 aliphatic rings. The van der Waals surface area contributed by atoms with Gasteiger partial charge in [-0.1, -0.05) is 11.6 Å². The molecule has 5 nitrogen and oxygen atoms in total. The number of pyridine rings is 1. The maximum absolute atomic E-state index is 13.2. The Kier molecular flexibility index (Phi) is 5.59. The summed E-state index contributed by atoms with van der Waals surface area (Å²) in [6.45, 7) is 2.97. The Hall–Kier alpha value is -2.44. The molecular weight excluding hydrogens is 394 g/mol. The molecule has 144 valence electrons. The molecule has 0 unspecified atom stereocenters. The highest BCUT2D eigenvalue weighted by Gasteiger charge is 2.32. The van der Waals surface area contributed by atoms with E-state index in [1.807, 2.05) is 36.1 Å². The van der Waals surface area contributed by atoms with Gasteiger partial charge in [0.25, 0.3) is 5.91 Å². The van der Waals surface area contributed by atoms with Gasteiger partial charge in [-0.3, -0.25) is 9.78 Å². The number of likely N-dealkylation sites (tertiary alicyclic amines) is 1. The average Bonchev–Trinajstić information content (AvgIpc) is 3.34. The standard InChI is InChI=1S/C21H20ClN3O2S/c1-14-20(28-19(24-14)13-27-17-6-4-16(22)5-7-17)21(26)25-12-2-3-18(25)15-8-10-23-11-9-15/h4-11,18H,2-3,12-13H2,1H3/t18-/m1/s1. The molecule has 1 fully saturated rings. The van der Waals surface area contributed by atoms with Crippen LogP contribution in [-0.4, -0.2) is 27.3 Å². The van der Waals surface area contributed by atoms with Gasteiger partial charge in [0, 0.05) is 24.0 Å². The fraction of sp³-hybridized carbons (Fsp3) is 0.286. The van der Waals surface area contributed by atoms with Crippen LogP contribution in [0, 0.1) is 6.92 Å². The molecule has 1 saturated heterocycles. The average molecular weight is 414 g/mol. The molecule has 1 amide bonds. The smallest absolute Gasteiger partial charge is 0.266 e. The van der Waals surface area contributed by atoms with E-state index < -0.39 is 0 Å². The summed E-state index contributed by atoms with van der Waals surface area (Å²) in [7, 11) is 0. The minimum absolute atomic E-state index is 0.0482. The van der Waals surface area contributed by atoms with Crippen molar-refractivity contribution in [3.8, 4) is 5.75 Å². The number of halogens is 1. The minimum atomic E-state index is 0.0482. The molecule has 2 aromatic heterocycles. The van der Waals surface area contributed by atoms with Crippen LogP contribution in [0.3, 0.4) is 0 Å². The van der Waals surface area contributed by atoms with Crippen LogP contribution < -0.4 is 4.74 Å². The fourth-order valence-electron chi connectivity index (χ4n) is 3.46. The molecule has 3 aromatic rings. The molecule has 0 spiro atoms. The van der Waals surface area contributed by atoms with Crippen LogP contribution in [0.25, 0.3) is 0 Å². The Morgan fingerprint density at radius 1 is 1.25 bits per heavy atom. The lowest BCUT2D eigenvalue weighted by Gasteiger charge is -2.24. The molecule has 1 aromatic carbocycles. The van der Waals surface area contributed by atoms with Crippen LogP contribution in [0.4, 0.5) is 0 Å².